The zero-order valence-corrected chi connectivity index (χ0v) is 44.7. The zero-order valence-electron chi connectivity index (χ0n) is 44.7. The van der Waals surface area contributed by atoms with E-state index in [4.69, 9.17) is 56.8 Å². The molecule has 0 fully saturated rings. The smallest absolute Gasteiger partial charge is 0.305 e. The molecule has 6 rings (SSSR count). The predicted octanol–water partition coefficient (Wildman–Crippen LogP) is 8.86. The summed E-state index contributed by atoms with van der Waals surface area (Å²) < 4.78 is 70.1. The first-order valence-electron chi connectivity index (χ1n) is 24.9. The number of esters is 2. The monoisotopic (exact) mass is 1000 g/mol. The molecular formula is C56H78N2O14+2. The summed E-state index contributed by atoms with van der Waals surface area (Å²) in [5.41, 5.74) is 6.64. The first kappa shape index (κ1) is 55.1. The highest BCUT2D eigenvalue weighted by Gasteiger charge is 2.43. The Labute approximate surface area is 426 Å². The number of nitrogens with zero attached hydrogens (tertiary/aromatic N) is 2. The topological polar surface area (TPSA) is 145 Å². The summed E-state index contributed by atoms with van der Waals surface area (Å²) in [4.78, 5) is 25.8. The molecular weight excluding hydrogens is 925 g/mol. The minimum Gasteiger partial charge on any atom is -0.493 e. The van der Waals surface area contributed by atoms with Crippen LogP contribution in [0.3, 0.4) is 0 Å². The van der Waals surface area contributed by atoms with Crippen molar-refractivity contribution >= 4 is 11.9 Å². The van der Waals surface area contributed by atoms with Crippen molar-refractivity contribution in [2.45, 2.75) is 76.3 Å². The van der Waals surface area contributed by atoms with Gasteiger partial charge < -0.3 is 65.8 Å². The number of rotatable bonds is 27. The molecule has 0 saturated carbocycles. The van der Waals surface area contributed by atoms with Crippen LogP contribution in [0.25, 0.3) is 0 Å². The van der Waals surface area contributed by atoms with Gasteiger partial charge in [0.15, 0.2) is 46.0 Å². The average Bonchev–Trinajstić information content (AvgIpc) is 3.40. The van der Waals surface area contributed by atoms with Crippen LogP contribution in [0.1, 0.15) is 96.8 Å². The Kier molecular flexibility index (Phi) is 19.4. The van der Waals surface area contributed by atoms with E-state index in [9.17, 15) is 9.59 Å². The number of benzene rings is 4. The summed E-state index contributed by atoms with van der Waals surface area (Å²) in [5.74, 6) is 5.67. The Bertz CT molecular complexity index is 2260. The lowest BCUT2D eigenvalue weighted by atomic mass is 9.85. The molecule has 0 spiro atoms. The lowest BCUT2D eigenvalue weighted by Gasteiger charge is -2.46. The molecule has 0 aromatic heterocycles. The number of hydrogen-bond acceptors (Lipinski definition) is 14. The fourth-order valence-electron chi connectivity index (χ4n) is 10.8. The molecule has 2 heterocycles. The number of carbonyl (C=O) groups is 2. The number of quaternary nitrogens is 2. The molecule has 0 N–H and O–H groups in total. The van der Waals surface area contributed by atoms with E-state index in [2.05, 4.69) is 38.4 Å². The molecule has 4 aromatic carbocycles. The highest BCUT2D eigenvalue weighted by atomic mass is 16.6. The van der Waals surface area contributed by atoms with E-state index in [1.807, 2.05) is 24.3 Å². The van der Waals surface area contributed by atoms with Gasteiger partial charge in [-0.15, -0.1) is 0 Å². The van der Waals surface area contributed by atoms with Crippen LogP contribution < -0.4 is 47.4 Å². The van der Waals surface area contributed by atoms with Gasteiger partial charge in [-0.05, 0) is 72.5 Å². The van der Waals surface area contributed by atoms with Crippen LogP contribution in [0.5, 0.6) is 57.5 Å². The summed E-state index contributed by atoms with van der Waals surface area (Å²) >= 11 is 0. The van der Waals surface area contributed by atoms with Crippen molar-refractivity contribution in [3.63, 3.8) is 0 Å². The lowest BCUT2D eigenvalue weighted by molar-refractivity contribution is -0.935. The lowest BCUT2D eigenvalue weighted by Crippen LogP contribution is -2.52. The normalized spacial score (nSPS) is 18.9. The molecule has 394 valence electrons. The number of likely N-dealkylation sites (N-methyl/N-ethyl adjacent to an activating group) is 2. The van der Waals surface area contributed by atoms with Crippen molar-refractivity contribution in [2.75, 3.05) is 125 Å². The van der Waals surface area contributed by atoms with E-state index < -0.39 is 0 Å². The van der Waals surface area contributed by atoms with E-state index in [-0.39, 0.29) is 24.0 Å². The highest BCUT2D eigenvalue weighted by Crippen LogP contribution is 2.50. The standard InChI is InChI=1S/C56H78N2O14/c1-57(25-21-37-29-43(61-3)45(63-5)35-41(37)53(57)39-31-47(65-7)55(69-11)48(32-39)66-8)23-17-27-71-51(59)19-15-13-14-16-20-52(60)72-28-18-24-58(2)26-22-38-30-44(62-4)46(64-6)36-42(38)54(58)40-33-49(67-9)56(70-12)50(34-40)68-10/h29-36,53-54H,13-28H2,1-12H3/q+2/t53-,54-,57-,58-/m1/s1. The molecule has 2 aliphatic rings. The highest BCUT2D eigenvalue weighted by molar-refractivity contribution is 5.69. The average molecular weight is 1000 g/mol. The predicted molar refractivity (Wildman–Crippen MR) is 273 cm³/mol. The van der Waals surface area contributed by atoms with Crippen molar-refractivity contribution in [2.24, 2.45) is 0 Å². The van der Waals surface area contributed by atoms with E-state index in [1.54, 1.807) is 71.1 Å². The molecule has 0 bridgehead atoms. The molecule has 4 atom stereocenters. The Morgan fingerprint density at radius 3 is 1.04 bits per heavy atom. The number of hydrogen-bond donors (Lipinski definition) is 0. The summed E-state index contributed by atoms with van der Waals surface area (Å²) in [7, 11) is 20.8. The fraction of sp³-hybridized carbons (Fsp3) is 0.536. The SMILES string of the molecule is COc1cc2c(cc1OC)[C@@H](c1cc(OC)c(OC)c(OC)c1)[N@+](C)(CCCOC(=O)CCCCCCC(=O)OCCC[N@+]1(C)CCc3cc(OC)c(OC)cc3[C@H]1c1cc(OC)c(OC)c(OC)c1)CC2. The Hall–Kier alpha value is -6.26. The number of methoxy groups -OCH3 is 10. The van der Waals surface area contributed by atoms with Gasteiger partial charge in [-0.3, -0.25) is 9.59 Å². The number of ether oxygens (including phenoxy) is 12. The molecule has 0 saturated heterocycles. The molecule has 72 heavy (non-hydrogen) atoms. The molecule has 0 radical (unpaired) electrons. The minimum atomic E-state index is -0.209. The van der Waals surface area contributed by atoms with E-state index in [1.165, 1.54) is 11.1 Å². The summed E-state index contributed by atoms with van der Waals surface area (Å²) in [6, 6.07) is 16.1. The van der Waals surface area contributed by atoms with Gasteiger partial charge in [0.05, 0.1) is 125 Å². The van der Waals surface area contributed by atoms with Crippen LogP contribution in [-0.2, 0) is 31.9 Å². The molecule has 0 unspecified atom stereocenters. The maximum absolute atomic E-state index is 12.9. The summed E-state index contributed by atoms with van der Waals surface area (Å²) in [6.45, 7) is 3.86. The number of carbonyl (C=O) groups excluding carboxylic acids is 2. The molecule has 16 heteroatoms. The van der Waals surface area contributed by atoms with Crippen LogP contribution in [0.4, 0.5) is 0 Å². The Morgan fingerprint density at radius 1 is 0.417 bits per heavy atom. The van der Waals surface area contributed by atoms with Crippen molar-refractivity contribution < 1.29 is 75.4 Å². The second-order valence-electron chi connectivity index (χ2n) is 18.9. The summed E-state index contributed by atoms with van der Waals surface area (Å²) in [6.07, 6.45) is 6.72. The molecule has 2 aliphatic heterocycles. The van der Waals surface area contributed by atoms with Crippen molar-refractivity contribution in [3.8, 4) is 57.5 Å². The minimum absolute atomic E-state index is 0.107. The van der Waals surface area contributed by atoms with Crippen LogP contribution >= 0.6 is 0 Å². The molecule has 0 aliphatic carbocycles. The van der Waals surface area contributed by atoms with Crippen LogP contribution in [0.2, 0.25) is 0 Å². The van der Waals surface area contributed by atoms with Crippen molar-refractivity contribution in [3.05, 3.63) is 81.9 Å². The molecule has 16 nitrogen and oxygen atoms in total. The van der Waals surface area contributed by atoms with Gasteiger partial charge in [-0.2, -0.15) is 0 Å². The largest absolute Gasteiger partial charge is 0.493 e. The maximum Gasteiger partial charge on any atom is 0.305 e. The first-order chi connectivity index (χ1) is 34.8. The van der Waals surface area contributed by atoms with Crippen molar-refractivity contribution in [1.82, 2.24) is 0 Å². The third-order valence-corrected chi connectivity index (χ3v) is 14.6. The third kappa shape index (κ3) is 12.3. The fourth-order valence-corrected chi connectivity index (χ4v) is 10.8. The maximum atomic E-state index is 12.9. The quantitative estimate of drug-likeness (QED) is 0.0319. The number of unbranched alkanes of at least 4 members (excludes halogenated alkanes) is 3. The Balaban J connectivity index is 0.962. The van der Waals surface area contributed by atoms with Crippen molar-refractivity contribution in [1.29, 1.82) is 0 Å². The zero-order chi connectivity index (χ0) is 52.0. The van der Waals surface area contributed by atoms with E-state index in [0.717, 1.165) is 74.1 Å². The van der Waals surface area contributed by atoms with Gasteiger partial charge in [0.25, 0.3) is 0 Å². The number of fused-ring (bicyclic) bond motifs is 2. The van der Waals surface area contributed by atoms with E-state index in [0.29, 0.717) is 118 Å². The van der Waals surface area contributed by atoms with Crippen LogP contribution in [0.15, 0.2) is 48.5 Å². The van der Waals surface area contributed by atoms with Gasteiger partial charge >= 0.3 is 11.9 Å². The van der Waals surface area contributed by atoms with Gasteiger partial charge in [0.1, 0.15) is 12.1 Å². The Morgan fingerprint density at radius 2 is 0.736 bits per heavy atom. The van der Waals surface area contributed by atoms with Gasteiger partial charge in [-0.25, -0.2) is 0 Å². The second-order valence-corrected chi connectivity index (χ2v) is 18.9. The van der Waals surface area contributed by atoms with Gasteiger partial charge in [0, 0.05) is 60.8 Å². The second kappa shape index (κ2) is 25.4. The molecule has 0 amide bonds. The van der Waals surface area contributed by atoms with Crippen LogP contribution in [-0.4, -0.2) is 145 Å². The summed E-state index contributed by atoms with van der Waals surface area (Å²) in [5, 5.41) is 0. The van der Waals surface area contributed by atoms with Gasteiger partial charge in [0.2, 0.25) is 11.5 Å². The first-order valence-corrected chi connectivity index (χ1v) is 24.9. The van der Waals surface area contributed by atoms with E-state index >= 15 is 0 Å². The van der Waals surface area contributed by atoms with Crippen LogP contribution in [0, 0.1) is 0 Å². The third-order valence-electron chi connectivity index (χ3n) is 14.6. The molecule has 4 aromatic rings. The van der Waals surface area contributed by atoms with Gasteiger partial charge in [-0.1, -0.05) is 12.8 Å².